The SMILES string of the molecule is Cc1ccc2c(N3CC(N)C3)cc(C(=O)O)nc2c1. The lowest BCUT2D eigenvalue weighted by Crippen LogP contribution is -2.56. The van der Waals surface area contributed by atoms with E-state index in [2.05, 4.69) is 9.88 Å². The van der Waals surface area contributed by atoms with Gasteiger partial charge in [0.1, 0.15) is 0 Å². The first-order valence-corrected chi connectivity index (χ1v) is 6.20. The summed E-state index contributed by atoms with van der Waals surface area (Å²) in [4.78, 5) is 17.5. The van der Waals surface area contributed by atoms with Crippen LogP contribution in [-0.4, -0.2) is 35.2 Å². The van der Waals surface area contributed by atoms with Crippen LogP contribution in [0.25, 0.3) is 10.9 Å². The van der Waals surface area contributed by atoms with E-state index in [0.29, 0.717) is 0 Å². The molecule has 19 heavy (non-hydrogen) atoms. The Morgan fingerprint density at radius 2 is 2.16 bits per heavy atom. The Kier molecular flexibility index (Phi) is 2.64. The number of nitrogens with zero attached hydrogens (tertiary/aromatic N) is 2. The number of hydrogen-bond donors (Lipinski definition) is 2. The summed E-state index contributed by atoms with van der Waals surface area (Å²) >= 11 is 0. The van der Waals surface area contributed by atoms with E-state index in [1.165, 1.54) is 0 Å². The van der Waals surface area contributed by atoms with Gasteiger partial charge < -0.3 is 15.7 Å². The van der Waals surface area contributed by atoms with E-state index in [-0.39, 0.29) is 11.7 Å². The molecule has 0 atom stereocenters. The fraction of sp³-hybridized carbons (Fsp3) is 0.286. The van der Waals surface area contributed by atoms with Gasteiger partial charge in [0, 0.05) is 30.2 Å². The number of aryl methyl sites for hydroxylation is 1. The van der Waals surface area contributed by atoms with Gasteiger partial charge in [-0.2, -0.15) is 0 Å². The molecule has 0 unspecified atom stereocenters. The van der Waals surface area contributed by atoms with Crippen LogP contribution in [-0.2, 0) is 0 Å². The highest BCUT2D eigenvalue weighted by molar-refractivity contribution is 5.98. The van der Waals surface area contributed by atoms with Crippen molar-refractivity contribution in [3.8, 4) is 0 Å². The Balaban J connectivity index is 2.19. The minimum Gasteiger partial charge on any atom is -0.477 e. The van der Waals surface area contributed by atoms with Gasteiger partial charge in [-0.05, 0) is 24.6 Å². The highest BCUT2D eigenvalue weighted by Crippen LogP contribution is 2.30. The van der Waals surface area contributed by atoms with Crippen molar-refractivity contribution in [2.24, 2.45) is 5.73 Å². The van der Waals surface area contributed by atoms with Crippen LogP contribution in [0.15, 0.2) is 24.3 Å². The summed E-state index contributed by atoms with van der Waals surface area (Å²) in [6.45, 7) is 3.48. The summed E-state index contributed by atoms with van der Waals surface area (Å²) in [7, 11) is 0. The molecular formula is C14H15N3O2. The molecule has 5 nitrogen and oxygen atoms in total. The van der Waals surface area contributed by atoms with Crippen molar-refractivity contribution in [3.63, 3.8) is 0 Å². The monoisotopic (exact) mass is 257 g/mol. The number of anilines is 1. The first kappa shape index (κ1) is 11.9. The smallest absolute Gasteiger partial charge is 0.354 e. The van der Waals surface area contributed by atoms with E-state index >= 15 is 0 Å². The molecule has 1 aliphatic rings. The molecular weight excluding hydrogens is 242 g/mol. The molecule has 0 aliphatic carbocycles. The summed E-state index contributed by atoms with van der Waals surface area (Å²) in [5, 5.41) is 10.1. The molecule has 0 spiro atoms. The maximum atomic E-state index is 11.2. The van der Waals surface area contributed by atoms with Gasteiger partial charge in [-0.1, -0.05) is 12.1 Å². The van der Waals surface area contributed by atoms with E-state index in [1.807, 2.05) is 25.1 Å². The molecule has 1 aliphatic heterocycles. The number of carbonyl (C=O) groups is 1. The highest BCUT2D eigenvalue weighted by atomic mass is 16.4. The molecule has 2 heterocycles. The molecule has 1 aromatic heterocycles. The van der Waals surface area contributed by atoms with Crippen LogP contribution in [0.3, 0.4) is 0 Å². The molecule has 1 saturated heterocycles. The van der Waals surface area contributed by atoms with E-state index in [9.17, 15) is 4.79 Å². The highest BCUT2D eigenvalue weighted by Gasteiger charge is 2.26. The van der Waals surface area contributed by atoms with Gasteiger partial charge in [0.15, 0.2) is 5.69 Å². The lowest BCUT2D eigenvalue weighted by atomic mass is 10.0. The average Bonchev–Trinajstić information content (AvgIpc) is 2.33. The van der Waals surface area contributed by atoms with Gasteiger partial charge in [-0.3, -0.25) is 0 Å². The lowest BCUT2D eigenvalue weighted by molar-refractivity contribution is 0.0691. The number of hydrogen-bond acceptors (Lipinski definition) is 4. The Labute approximate surface area is 110 Å². The Hall–Kier alpha value is -2.14. The summed E-state index contributed by atoms with van der Waals surface area (Å²) in [6.07, 6.45) is 0. The number of carboxylic acid groups (broad SMARTS) is 1. The minimum absolute atomic E-state index is 0.0774. The van der Waals surface area contributed by atoms with Crippen LogP contribution in [0, 0.1) is 6.92 Å². The molecule has 3 rings (SSSR count). The van der Waals surface area contributed by atoms with Crippen LogP contribution in [0.4, 0.5) is 5.69 Å². The Morgan fingerprint density at radius 1 is 1.42 bits per heavy atom. The zero-order valence-electron chi connectivity index (χ0n) is 10.6. The summed E-state index contributed by atoms with van der Waals surface area (Å²) in [5.74, 6) is -1.01. The molecule has 0 amide bonds. The zero-order valence-corrected chi connectivity index (χ0v) is 10.6. The molecule has 3 N–H and O–H groups in total. The first-order valence-electron chi connectivity index (χ1n) is 6.20. The van der Waals surface area contributed by atoms with Gasteiger partial charge in [-0.25, -0.2) is 9.78 Å². The van der Waals surface area contributed by atoms with Crippen LogP contribution in [0.1, 0.15) is 16.1 Å². The minimum atomic E-state index is -1.01. The van der Waals surface area contributed by atoms with Crippen LogP contribution < -0.4 is 10.6 Å². The first-order chi connectivity index (χ1) is 9.04. The lowest BCUT2D eigenvalue weighted by Gasteiger charge is -2.39. The third-order valence-electron chi connectivity index (χ3n) is 3.41. The largest absolute Gasteiger partial charge is 0.477 e. The van der Waals surface area contributed by atoms with E-state index < -0.39 is 5.97 Å². The predicted molar refractivity (Wildman–Crippen MR) is 73.6 cm³/mol. The van der Waals surface area contributed by atoms with E-state index in [1.54, 1.807) is 6.07 Å². The number of carboxylic acids is 1. The second kappa shape index (κ2) is 4.20. The standard InChI is InChI=1S/C14H15N3O2/c1-8-2-3-10-11(4-8)16-12(14(18)19)5-13(10)17-6-9(15)7-17/h2-5,9H,6-7,15H2,1H3,(H,18,19). The summed E-state index contributed by atoms with van der Waals surface area (Å²) in [6, 6.07) is 7.70. The van der Waals surface area contributed by atoms with E-state index in [0.717, 1.165) is 35.2 Å². The van der Waals surface area contributed by atoms with Crippen molar-refractivity contribution in [2.75, 3.05) is 18.0 Å². The van der Waals surface area contributed by atoms with Gasteiger partial charge >= 0.3 is 5.97 Å². The van der Waals surface area contributed by atoms with Crippen LogP contribution in [0.2, 0.25) is 0 Å². The fourth-order valence-corrected chi connectivity index (χ4v) is 2.40. The maximum absolute atomic E-state index is 11.2. The maximum Gasteiger partial charge on any atom is 0.354 e. The molecule has 2 aromatic rings. The average molecular weight is 257 g/mol. The van der Waals surface area contributed by atoms with Crippen molar-refractivity contribution >= 4 is 22.6 Å². The van der Waals surface area contributed by atoms with Crippen molar-refractivity contribution in [1.29, 1.82) is 0 Å². The third kappa shape index (κ3) is 2.02. The molecule has 98 valence electrons. The number of nitrogens with two attached hydrogens (primary N) is 1. The normalized spacial score (nSPS) is 15.6. The molecule has 0 saturated carbocycles. The molecule has 0 radical (unpaired) electrons. The Morgan fingerprint density at radius 3 is 2.79 bits per heavy atom. The zero-order chi connectivity index (χ0) is 13.6. The molecule has 5 heteroatoms. The Bertz CT molecular complexity index is 663. The van der Waals surface area contributed by atoms with Gasteiger partial charge in [-0.15, -0.1) is 0 Å². The topological polar surface area (TPSA) is 79.5 Å². The second-order valence-corrected chi connectivity index (χ2v) is 5.02. The summed E-state index contributed by atoms with van der Waals surface area (Å²) in [5.41, 5.74) is 8.56. The van der Waals surface area contributed by atoms with Crippen LogP contribution >= 0.6 is 0 Å². The fourth-order valence-electron chi connectivity index (χ4n) is 2.40. The number of rotatable bonds is 2. The van der Waals surface area contributed by atoms with Crippen molar-refractivity contribution in [3.05, 3.63) is 35.5 Å². The van der Waals surface area contributed by atoms with Gasteiger partial charge in [0.25, 0.3) is 0 Å². The number of fused-ring (bicyclic) bond motifs is 1. The predicted octanol–water partition coefficient (Wildman–Crippen LogP) is 1.39. The quantitative estimate of drug-likeness (QED) is 0.849. The van der Waals surface area contributed by atoms with Crippen molar-refractivity contribution in [2.45, 2.75) is 13.0 Å². The number of aromatic nitrogens is 1. The third-order valence-corrected chi connectivity index (χ3v) is 3.41. The summed E-state index contributed by atoms with van der Waals surface area (Å²) < 4.78 is 0. The van der Waals surface area contributed by atoms with E-state index in [4.69, 9.17) is 10.8 Å². The van der Waals surface area contributed by atoms with Gasteiger partial charge in [0.05, 0.1) is 5.52 Å². The number of benzene rings is 1. The molecule has 0 bridgehead atoms. The van der Waals surface area contributed by atoms with Crippen LogP contribution in [0.5, 0.6) is 0 Å². The molecule has 1 aromatic carbocycles. The second-order valence-electron chi connectivity index (χ2n) is 5.02. The van der Waals surface area contributed by atoms with Crippen molar-refractivity contribution < 1.29 is 9.90 Å². The van der Waals surface area contributed by atoms with Crippen molar-refractivity contribution in [1.82, 2.24) is 4.98 Å². The number of pyridine rings is 1. The molecule has 1 fully saturated rings. The van der Waals surface area contributed by atoms with Gasteiger partial charge in [0.2, 0.25) is 0 Å². The number of aromatic carboxylic acids is 1.